The Labute approximate surface area is 108 Å². The maximum Gasteiger partial charge on any atom is 0.0951 e. The molecule has 1 aromatic rings. The number of nitrogens with zero attached hydrogens (tertiary/aromatic N) is 3. The number of aromatic nitrogens is 2. The summed E-state index contributed by atoms with van der Waals surface area (Å²) < 4.78 is 2.08. The highest BCUT2D eigenvalue weighted by Gasteiger charge is 2.22. The van der Waals surface area contributed by atoms with Gasteiger partial charge < -0.3 is 5.32 Å². The van der Waals surface area contributed by atoms with Crippen molar-refractivity contribution in [1.29, 1.82) is 0 Å². The van der Waals surface area contributed by atoms with E-state index in [0.29, 0.717) is 6.04 Å². The molecule has 1 aliphatic rings. The molecule has 2 heterocycles. The second-order valence-corrected chi connectivity index (χ2v) is 5.26. The first-order chi connectivity index (χ1) is 8.13. The first kappa shape index (κ1) is 12.9. The highest BCUT2D eigenvalue weighted by atomic mass is 35.5. The summed E-state index contributed by atoms with van der Waals surface area (Å²) in [6.45, 7) is 8.21. The van der Waals surface area contributed by atoms with Crippen molar-refractivity contribution < 1.29 is 0 Å². The van der Waals surface area contributed by atoms with E-state index >= 15 is 0 Å². The average molecular weight is 257 g/mol. The Morgan fingerprint density at radius 3 is 2.82 bits per heavy atom. The number of rotatable bonds is 3. The van der Waals surface area contributed by atoms with Crippen molar-refractivity contribution in [3.05, 3.63) is 16.4 Å². The molecule has 0 saturated carbocycles. The van der Waals surface area contributed by atoms with Gasteiger partial charge in [-0.05, 0) is 27.3 Å². The lowest BCUT2D eigenvalue weighted by Crippen LogP contribution is -2.30. The summed E-state index contributed by atoms with van der Waals surface area (Å²) in [4.78, 5) is 2.45. The molecule has 0 radical (unpaired) electrons. The second-order valence-electron chi connectivity index (χ2n) is 4.88. The predicted molar refractivity (Wildman–Crippen MR) is 70.2 cm³/mol. The van der Waals surface area contributed by atoms with Crippen LogP contribution in [0.3, 0.4) is 0 Å². The molecule has 0 atom stereocenters. The van der Waals surface area contributed by atoms with Crippen LogP contribution >= 0.6 is 11.6 Å². The third-order valence-corrected chi connectivity index (χ3v) is 3.74. The van der Waals surface area contributed by atoms with E-state index < -0.39 is 0 Å². The zero-order chi connectivity index (χ0) is 12.4. The topological polar surface area (TPSA) is 33.1 Å². The van der Waals surface area contributed by atoms with Crippen molar-refractivity contribution in [1.82, 2.24) is 20.0 Å². The Morgan fingerprint density at radius 1 is 1.41 bits per heavy atom. The molecule has 0 aromatic carbocycles. The molecule has 0 spiro atoms. The highest BCUT2D eigenvalue weighted by molar-refractivity contribution is 6.31. The zero-order valence-electron chi connectivity index (χ0n) is 10.8. The third-order valence-electron chi connectivity index (χ3n) is 3.30. The normalized spacial score (nSPS) is 17.2. The van der Waals surface area contributed by atoms with Crippen molar-refractivity contribution >= 4 is 11.6 Å². The third kappa shape index (κ3) is 2.64. The molecule has 1 N–H and O–H groups in total. The van der Waals surface area contributed by atoms with Gasteiger partial charge in [0.25, 0.3) is 0 Å². The van der Waals surface area contributed by atoms with Crippen LogP contribution in [0, 0.1) is 0 Å². The van der Waals surface area contributed by atoms with E-state index in [-0.39, 0.29) is 0 Å². The molecule has 0 amide bonds. The van der Waals surface area contributed by atoms with Gasteiger partial charge in [-0.3, -0.25) is 9.58 Å². The van der Waals surface area contributed by atoms with E-state index in [1.165, 1.54) is 5.69 Å². The lowest BCUT2D eigenvalue weighted by atomic mass is 10.2. The molecule has 0 saturated heterocycles. The number of hydrogen-bond donors (Lipinski definition) is 1. The maximum atomic E-state index is 6.41. The van der Waals surface area contributed by atoms with Crippen LogP contribution in [0.5, 0.6) is 0 Å². The first-order valence-corrected chi connectivity index (χ1v) is 6.64. The molecule has 1 aromatic heterocycles. The van der Waals surface area contributed by atoms with Crippen molar-refractivity contribution in [2.75, 3.05) is 13.6 Å². The lowest BCUT2D eigenvalue weighted by Gasteiger charge is -2.23. The lowest BCUT2D eigenvalue weighted by molar-refractivity contribution is 0.216. The Balaban J connectivity index is 2.27. The van der Waals surface area contributed by atoms with E-state index in [1.807, 2.05) is 7.05 Å². The van der Waals surface area contributed by atoms with E-state index in [1.54, 1.807) is 0 Å². The smallest absolute Gasteiger partial charge is 0.0951 e. The van der Waals surface area contributed by atoms with Gasteiger partial charge in [0.2, 0.25) is 0 Å². The number of nitrogens with one attached hydrogen (secondary N) is 1. The predicted octanol–water partition coefficient (Wildman–Crippen LogP) is 1.87. The largest absolute Gasteiger partial charge is 0.314 e. The Hall–Kier alpha value is -0.580. The SMILES string of the molecule is CNCc1nn2c(c1Cl)CN(C(C)C)CCC2. The van der Waals surface area contributed by atoms with Crippen LogP contribution in [-0.2, 0) is 19.6 Å². The minimum atomic E-state index is 0.556. The van der Waals surface area contributed by atoms with Crippen molar-refractivity contribution in [2.45, 2.75) is 45.9 Å². The summed E-state index contributed by atoms with van der Waals surface area (Å²) in [6.07, 6.45) is 1.14. The summed E-state index contributed by atoms with van der Waals surface area (Å²) in [5.74, 6) is 0. The molecule has 5 heteroatoms. The summed E-state index contributed by atoms with van der Waals surface area (Å²) >= 11 is 6.41. The fourth-order valence-electron chi connectivity index (χ4n) is 2.28. The monoisotopic (exact) mass is 256 g/mol. The molecule has 96 valence electrons. The minimum Gasteiger partial charge on any atom is -0.314 e. The van der Waals surface area contributed by atoms with Crippen LogP contribution in [0.2, 0.25) is 5.02 Å². The summed E-state index contributed by atoms with van der Waals surface area (Å²) in [6, 6.07) is 0.556. The van der Waals surface area contributed by atoms with E-state index in [2.05, 4.69) is 33.8 Å². The van der Waals surface area contributed by atoms with Gasteiger partial charge in [-0.15, -0.1) is 0 Å². The fourth-order valence-corrected chi connectivity index (χ4v) is 2.54. The van der Waals surface area contributed by atoms with Gasteiger partial charge in [-0.25, -0.2) is 0 Å². The molecule has 4 nitrogen and oxygen atoms in total. The molecule has 0 bridgehead atoms. The van der Waals surface area contributed by atoms with Gasteiger partial charge in [0.1, 0.15) is 0 Å². The zero-order valence-corrected chi connectivity index (χ0v) is 11.6. The molecule has 17 heavy (non-hydrogen) atoms. The van der Waals surface area contributed by atoms with Gasteiger partial charge in [0.05, 0.1) is 16.4 Å². The van der Waals surface area contributed by atoms with Gasteiger partial charge in [-0.2, -0.15) is 5.10 Å². The second kappa shape index (κ2) is 5.38. The molecule has 1 aliphatic heterocycles. The van der Waals surface area contributed by atoms with Crippen molar-refractivity contribution in [3.8, 4) is 0 Å². The molecular formula is C12H21ClN4. The van der Waals surface area contributed by atoms with Gasteiger partial charge in [0, 0.05) is 32.2 Å². The Bertz CT molecular complexity index is 386. The van der Waals surface area contributed by atoms with Crippen LogP contribution in [0.25, 0.3) is 0 Å². The van der Waals surface area contributed by atoms with Gasteiger partial charge in [-0.1, -0.05) is 11.6 Å². The number of halogens is 1. The van der Waals surface area contributed by atoms with Crippen LogP contribution < -0.4 is 5.32 Å². The van der Waals surface area contributed by atoms with Gasteiger partial charge in [0.15, 0.2) is 0 Å². The van der Waals surface area contributed by atoms with E-state index in [9.17, 15) is 0 Å². The molecule has 0 aliphatic carbocycles. The van der Waals surface area contributed by atoms with Crippen LogP contribution in [0.4, 0.5) is 0 Å². The quantitative estimate of drug-likeness (QED) is 0.896. The Morgan fingerprint density at radius 2 is 2.18 bits per heavy atom. The van der Waals surface area contributed by atoms with Crippen LogP contribution in [0.15, 0.2) is 0 Å². The number of hydrogen-bond acceptors (Lipinski definition) is 3. The molecule has 0 unspecified atom stereocenters. The van der Waals surface area contributed by atoms with Crippen molar-refractivity contribution in [3.63, 3.8) is 0 Å². The Kier molecular flexibility index (Phi) is 4.07. The fraction of sp³-hybridized carbons (Fsp3) is 0.750. The molecule has 0 fully saturated rings. The van der Waals surface area contributed by atoms with Crippen molar-refractivity contribution in [2.24, 2.45) is 0 Å². The molecular weight excluding hydrogens is 236 g/mol. The van der Waals surface area contributed by atoms with E-state index in [4.69, 9.17) is 11.6 Å². The molecule has 2 rings (SSSR count). The van der Waals surface area contributed by atoms with E-state index in [0.717, 1.165) is 43.3 Å². The number of aryl methyl sites for hydroxylation is 1. The van der Waals surface area contributed by atoms with Crippen LogP contribution in [-0.4, -0.2) is 34.3 Å². The summed E-state index contributed by atoms with van der Waals surface area (Å²) in [5.41, 5.74) is 2.14. The minimum absolute atomic E-state index is 0.556. The average Bonchev–Trinajstić information content (AvgIpc) is 2.50. The van der Waals surface area contributed by atoms with Crippen LogP contribution in [0.1, 0.15) is 31.7 Å². The number of fused-ring (bicyclic) bond motifs is 1. The standard InChI is InChI=1S/C12H21ClN4/c1-9(2)16-5-4-6-17-11(8-16)12(13)10(15-17)7-14-3/h9,14H,4-8H2,1-3H3. The summed E-state index contributed by atoms with van der Waals surface area (Å²) in [7, 11) is 1.92. The highest BCUT2D eigenvalue weighted by Crippen LogP contribution is 2.25. The van der Waals surface area contributed by atoms with Gasteiger partial charge >= 0.3 is 0 Å². The summed E-state index contributed by atoms with van der Waals surface area (Å²) in [5, 5.41) is 8.54. The maximum absolute atomic E-state index is 6.41. The first-order valence-electron chi connectivity index (χ1n) is 6.26.